The molecule has 0 radical (unpaired) electrons. The van der Waals surface area contributed by atoms with Gasteiger partial charge >= 0.3 is 6.09 Å². The van der Waals surface area contributed by atoms with Gasteiger partial charge in [0, 0.05) is 24.9 Å². The molecule has 9 nitrogen and oxygen atoms in total. The molecule has 2 aliphatic rings. The Hall–Kier alpha value is -4.16. The molecule has 2 N–H and O–H groups in total. The normalized spacial score (nSPS) is 21.2. The van der Waals surface area contributed by atoms with Gasteiger partial charge in [0.15, 0.2) is 16.9 Å². The highest BCUT2D eigenvalue weighted by Crippen LogP contribution is 2.54. The average molecular weight is 433 g/mol. The van der Waals surface area contributed by atoms with E-state index in [-0.39, 0.29) is 31.0 Å². The number of amides is 1. The zero-order valence-corrected chi connectivity index (χ0v) is 18.1. The van der Waals surface area contributed by atoms with Crippen molar-refractivity contribution in [2.45, 2.75) is 12.8 Å². The van der Waals surface area contributed by atoms with Crippen molar-refractivity contribution in [3.8, 4) is 29.7 Å². The van der Waals surface area contributed by atoms with Crippen molar-refractivity contribution in [2.24, 2.45) is 17.1 Å². The summed E-state index contributed by atoms with van der Waals surface area (Å²) in [5.74, 6) is -0.391. The molecule has 0 bridgehead atoms. The topological polar surface area (TPSA) is 145 Å². The molecule has 3 rings (SSSR count). The Morgan fingerprint density at radius 2 is 1.91 bits per heavy atom. The second kappa shape index (κ2) is 8.91. The number of fused-ring (bicyclic) bond motifs is 1. The number of nitrogens with two attached hydrogens (primary N) is 1. The highest BCUT2D eigenvalue weighted by Gasteiger charge is 2.55. The zero-order valence-electron chi connectivity index (χ0n) is 18.1. The summed E-state index contributed by atoms with van der Waals surface area (Å²) in [6.45, 7) is 2.32. The van der Waals surface area contributed by atoms with Crippen LogP contribution in [-0.4, -0.2) is 44.9 Å². The van der Waals surface area contributed by atoms with E-state index in [1.807, 2.05) is 0 Å². The zero-order chi connectivity index (χ0) is 23.5. The molecule has 1 aromatic rings. The molecule has 0 aromatic heterocycles. The molecule has 9 heteroatoms. The Bertz CT molecular complexity index is 1100. The Labute approximate surface area is 186 Å². The van der Waals surface area contributed by atoms with Gasteiger partial charge in [-0.3, -0.25) is 0 Å². The van der Waals surface area contributed by atoms with Crippen LogP contribution in [0.5, 0.6) is 11.5 Å². The van der Waals surface area contributed by atoms with Gasteiger partial charge in [0.1, 0.15) is 6.07 Å². The van der Waals surface area contributed by atoms with Crippen LogP contribution >= 0.6 is 0 Å². The van der Waals surface area contributed by atoms with Gasteiger partial charge in [-0.1, -0.05) is 12.1 Å². The number of methoxy groups -OCH3 is 2. The molecule has 0 saturated carbocycles. The van der Waals surface area contributed by atoms with Gasteiger partial charge in [0.2, 0.25) is 0 Å². The minimum Gasteiger partial charge on any atom is -0.493 e. The second-order valence-corrected chi connectivity index (χ2v) is 7.39. The molecule has 1 aliphatic carbocycles. The van der Waals surface area contributed by atoms with Crippen LogP contribution in [-0.2, 0) is 4.74 Å². The summed E-state index contributed by atoms with van der Waals surface area (Å²) in [4.78, 5) is 13.9. The van der Waals surface area contributed by atoms with E-state index in [9.17, 15) is 20.6 Å². The molecule has 2 unspecified atom stereocenters. The summed E-state index contributed by atoms with van der Waals surface area (Å²) in [6.07, 6.45) is 1.23. The van der Waals surface area contributed by atoms with Crippen LogP contribution in [0.25, 0.3) is 0 Å². The van der Waals surface area contributed by atoms with Gasteiger partial charge in [-0.15, -0.1) is 0 Å². The van der Waals surface area contributed by atoms with E-state index in [0.717, 1.165) is 0 Å². The number of rotatable bonds is 4. The lowest BCUT2D eigenvalue weighted by Crippen LogP contribution is -2.49. The standard InChI is InChI=1S/C23H23N5O4/c1-4-32-22(29)28-8-7-15-16(10-24)21(27)23(12-25,13-26)20(17(15)11-28)14-5-6-18(30-2)19(9-14)31-3/h5-7,9,17,20H,4,8,11,27H2,1-3H3. The minimum atomic E-state index is -1.82. The van der Waals surface area contributed by atoms with E-state index in [0.29, 0.717) is 22.6 Å². The van der Waals surface area contributed by atoms with E-state index in [1.54, 1.807) is 31.2 Å². The van der Waals surface area contributed by atoms with Gasteiger partial charge in [-0.2, -0.15) is 15.8 Å². The number of hydrogen-bond acceptors (Lipinski definition) is 8. The number of allylic oxidation sites excluding steroid dienone is 2. The molecule has 2 atom stereocenters. The number of nitrogens with zero attached hydrogens (tertiary/aromatic N) is 4. The Morgan fingerprint density at radius 3 is 2.47 bits per heavy atom. The van der Waals surface area contributed by atoms with Gasteiger partial charge < -0.3 is 24.8 Å². The van der Waals surface area contributed by atoms with Crippen LogP contribution in [0.1, 0.15) is 18.4 Å². The largest absolute Gasteiger partial charge is 0.493 e. The molecule has 1 amide bonds. The number of ether oxygens (including phenoxy) is 3. The molecule has 32 heavy (non-hydrogen) atoms. The predicted octanol–water partition coefficient (Wildman–Crippen LogP) is 2.59. The minimum absolute atomic E-state index is 0.0862. The first kappa shape index (κ1) is 22.5. The molecule has 1 aromatic carbocycles. The van der Waals surface area contributed by atoms with Crippen molar-refractivity contribution in [1.82, 2.24) is 4.90 Å². The van der Waals surface area contributed by atoms with E-state index < -0.39 is 23.3 Å². The molecule has 1 heterocycles. The van der Waals surface area contributed by atoms with Crippen LogP contribution in [0.3, 0.4) is 0 Å². The molecule has 1 aliphatic heterocycles. The lowest BCUT2D eigenvalue weighted by atomic mass is 9.58. The number of carbonyl (C=O) groups is 1. The summed E-state index contributed by atoms with van der Waals surface area (Å²) in [6, 6.07) is 11.3. The first-order valence-electron chi connectivity index (χ1n) is 9.99. The van der Waals surface area contributed by atoms with Crippen LogP contribution in [0, 0.1) is 45.3 Å². The molecular formula is C23H23N5O4. The van der Waals surface area contributed by atoms with E-state index in [1.165, 1.54) is 19.1 Å². The molecule has 164 valence electrons. The van der Waals surface area contributed by atoms with E-state index >= 15 is 0 Å². The van der Waals surface area contributed by atoms with Crippen molar-refractivity contribution in [3.05, 3.63) is 46.7 Å². The van der Waals surface area contributed by atoms with Crippen molar-refractivity contribution in [1.29, 1.82) is 15.8 Å². The van der Waals surface area contributed by atoms with Gasteiger partial charge in [-0.05, 0) is 30.2 Å². The van der Waals surface area contributed by atoms with E-state index in [2.05, 4.69) is 18.2 Å². The Morgan fingerprint density at radius 1 is 1.22 bits per heavy atom. The summed E-state index contributed by atoms with van der Waals surface area (Å²) < 4.78 is 15.9. The first-order valence-corrected chi connectivity index (χ1v) is 9.99. The highest BCUT2D eigenvalue weighted by atomic mass is 16.6. The third-order valence-corrected chi connectivity index (χ3v) is 5.96. The lowest BCUT2D eigenvalue weighted by molar-refractivity contribution is 0.0999. The van der Waals surface area contributed by atoms with Crippen LogP contribution in [0.15, 0.2) is 41.1 Å². The molecule has 0 spiro atoms. The van der Waals surface area contributed by atoms with Crippen molar-refractivity contribution in [3.63, 3.8) is 0 Å². The van der Waals surface area contributed by atoms with Gasteiger partial charge in [-0.25, -0.2) is 4.79 Å². The predicted molar refractivity (Wildman–Crippen MR) is 113 cm³/mol. The average Bonchev–Trinajstić information content (AvgIpc) is 2.82. The quantitative estimate of drug-likeness (QED) is 0.762. The fraction of sp³-hybridized carbons (Fsp3) is 0.391. The second-order valence-electron chi connectivity index (χ2n) is 7.39. The lowest BCUT2D eigenvalue weighted by Gasteiger charge is -2.45. The smallest absolute Gasteiger partial charge is 0.410 e. The fourth-order valence-electron chi connectivity index (χ4n) is 4.47. The third kappa shape index (κ3) is 3.36. The van der Waals surface area contributed by atoms with Crippen LogP contribution in [0.4, 0.5) is 4.79 Å². The first-order chi connectivity index (χ1) is 15.4. The van der Waals surface area contributed by atoms with Gasteiger partial charge in [0.25, 0.3) is 0 Å². The highest BCUT2D eigenvalue weighted by molar-refractivity contribution is 5.69. The third-order valence-electron chi connectivity index (χ3n) is 5.96. The number of nitriles is 3. The maximum Gasteiger partial charge on any atom is 0.410 e. The molecular weight excluding hydrogens is 410 g/mol. The summed E-state index contributed by atoms with van der Waals surface area (Å²) in [5.41, 5.74) is 5.73. The van der Waals surface area contributed by atoms with E-state index in [4.69, 9.17) is 19.9 Å². The summed E-state index contributed by atoms with van der Waals surface area (Å²) >= 11 is 0. The summed E-state index contributed by atoms with van der Waals surface area (Å²) in [5, 5.41) is 30.1. The maximum absolute atomic E-state index is 12.4. The van der Waals surface area contributed by atoms with Crippen LogP contribution < -0.4 is 15.2 Å². The Balaban J connectivity index is 2.26. The molecule has 0 fully saturated rings. The van der Waals surface area contributed by atoms with Gasteiger partial charge in [0.05, 0.1) is 44.2 Å². The van der Waals surface area contributed by atoms with Crippen molar-refractivity contribution >= 4 is 6.09 Å². The number of carbonyl (C=O) groups excluding carboxylic acids is 1. The SMILES string of the molecule is CCOC(=O)N1CC=C2C(C#N)=C(N)C(C#N)(C#N)C(c3ccc(OC)c(OC)c3)C2C1. The fourth-order valence-corrected chi connectivity index (χ4v) is 4.47. The number of hydrogen-bond donors (Lipinski definition) is 1. The van der Waals surface area contributed by atoms with Crippen molar-refractivity contribution < 1.29 is 19.0 Å². The Kier molecular flexibility index (Phi) is 6.27. The maximum atomic E-state index is 12.4. The monoisotopic (exact) mass is 433 g/mol. The van der Waals surface area contributed by atoms with Crippen molar-refractivity contribution in [2.75, 3.05) is 33.9 Å². The molecule has 0 saturated heterocycles. The number of benzene rings is 1. The summed E-state index contributed by atoms with van der Waals surface area (Å²) in [7, 11) is 2.99. The van der Waals surface area contributed by atoms with Crippen LogP contribution in [0.2, 0.25) is 0 Å².